The van der Waals surface area contributed by atoms with Crippen molar-refractivity contribution >= 4 is 29.1 Å². The number of ether oxygens (including phenoxy) is 1. The van der Waals surface area contributed by atoms with Crippen LogP contribution >= 0.6 is 0 Å². The van der Waals surface area contributed by atoms with E-state index < -0.39 is 0 Å². The van der Waals surface area contributed by atoms with Crippen molar-refractivity contribution in [3.05, 3.63) is 90.0 Å². The van der Waals surface area contributed by atoms with Crippen molar-refractivity contribution < 1.29 is 19.1 Å². The monoisotopic (exact) mass is 431 g/mol. The van der Waals surface area contributed by atoms with Crippen molar-refractivity contribution in [3.8, 4) is 5.75 Å². The molecule has 0 aromatic heterocycles. The van der Waals surface area contributed by atoms with Crippen LogP contribution in [0.15, 0.2) is 78.9 Å². The molecule has 32 heavy (non-hydrogen) atoms. The third-order valence-corrected chi connectivity index (χ3v) is 4.68. The molecule has 3 N–H and O–H groups in total. The quantitative estimate of drug-likeness (QED) is 0.445. The average Bonchev–Trinajstić information content (AvgIpc) is 2.83. The van der Waals surface area contributed by atoms with E-state index in [-0.39, 0.29) is 24.1 Å². The minimum absolute atomic E-state index is 0.158. The van der Waals surface area contributed by atoms with Gasteiger partial charge in [-0.3, -0.25) is 14.4 Å². The van der Waals surface area contributed by atoms with Crippen LogP contribution < -0.4 is 20.7 Å². The number of rotatable bonds is 9. The Morgan fingerprint density at radius 1 is 0.719 bits per heavy atom. The van der Waals surface area contributed by atoms with Crippen molar-refractivity contribution in [1.29, 1.82) is 0 Å². The molecule has 0 aliphatic rings. The summed E-state index contributed by atoms with van der Waals surface area (Å²) in [6.07, 6.45) is 0.793. The molecule has 0 bridgehead atoms. The van der Waals surface area contributed by atoms with Crippen LogP contribution in [0.1, 0.15) is 33.6 Å². The van der Waals surface area contributed by atoms with Gasteiger partial charge in [0, 0.05) is 35.5 Å². The summed E-state index contributed by atoms with van der Waals surface area (Å²) < 4.78 is 5.10. The molecule has 7 nitrogen and oxygen atoms in total. The van der Waals surface area contributed by atoms with Crippen molar-refractivity contribution in [2.75, 3.05) is 24.3 Å². The molecule has 3 amide bonds. The largest absolute Gasteiger partial charge is 0.497 e. The van der Waals surface area contributed by atoms with Crippen LogP contribution in [0, 0.1) is 0 Å². The second-order valence-corrected chi connectivity index (χ2v) is 7.03. The molecule has 3 aromatic rings. The van der Waals surface area contributed by atoms with Crippen molar-refractivity contribution in [1.82, 2.24) is 5.32 Å². The van der Waals surface area contributed by atoms with Gasteiger partial charge in [-0.1, -0.05) is 18.2 Å². The molecule has 0 atom stereocenters. The Morgan fingerprint density at radius 2 is 1.31 bits per heavy atom. The lowest BCUT2D eigenvalue weighted by Crippen LogP contribution is -2.25. The van der Waals surface area contributed by atoms with Gasteiger partial charge in [0.1, 0.15) is 5.75 Å². The molecule has 0 aliphatic carbocycles. The Labute approximate surface area is 186 Å². The van der Waals surface area contributed by atoms with Crippen molar-refractivity contribution in [3.63, 3.8) is 0 Å². The first-order chi connectivity index (χ1) is 15.5. The van der Waals surface area contributed by atoms with Gasteiger partial charge in [-0.25, -0.2) is 0 Å². The zero-order chi connectivity index (χ0) is 22.8. The van der Waals surface area contributed by atoms with Gasteiger partial charge in [0.25, 0.3) is 11.8 Å². The molecular formula is C25H25N3O4. The highest BCUT2D eigenvalue weighted by Gasteiger charge is 2.08. The fraction of sp³-hybridized carbons (Fsp3) is 0.160. The zero-order valence-corrected chi connectivity index (χ0v) is 17.8. The number of carbonyl (C=O) groups excluding carboxylic acids is 3. The summed E-state index contributed by atoms with van der Waals surface area (Å²) in [6, 6.07) is 22.6. The summed E-state index contributed by atoms with van der Waals surface area (Å²) in [5, 5.41) is 8.40. The molecule has 0 fully saturated rings. The first-order valence-electron chi connectivity index (χ1n) is 10.2. The Balaban J connectivity index is 1.40. The highest BCUT2D eigenvalue weighted by Crippen LogP contribution is 2.17. The van der Waals surface area contributed by atoms with Crippen LogP contribution in [0.25, 0.3) is 0 Å². The van der Waals surface area contributed by atoms with E-state index >= 15 is 0 Å². The summed E-state index contributed by atoms with van der Waals surface area (Å²) in [7, 11) is 1.58. The molecule has 0 spiro atoms. The maximum atomic E-state index is 12.4. The number of benzene rings is 3. The molecule has 0 heterocycles. The molecule has 0 saturated carbocycles. The Hall–Kier alpha value is -4.13. The van der Waals surface area contributed by atoms with Crippen LogP contribution in [0.4, 0.5) is 11.4 Å². The number of nitrogens with one attached hydrogen (secondary N) is 3. The maximum absolute atomic E-state index is 12.4. The van der Waals surface area contributed by atoms with Gasteiger partial charge in [0.2, 0.25) is 5.91 Å². The average molecular weight is 431 g/mol. The smallest absolute Gasteiger partial charge is 0.255 e. The lowest BCUT2D eigenvalue weighted by Gasteiger charge is -2.09. The zero-order valence-electron chi connectivity index (χ0n) is 17.8. The molecular weight excluding hydrogens is 406 g/mol. The Morgan fingerprint density at radius 3 is 1.97 bits per heavy atom. The van der Waals surface area contributed by atoms with E-state index in [0.717, 1.165) is 0 Å². The van der Waals surface area contributed by atoms with E-state index in [1.807, 2.05) is 6.07 Å². The summed E-state index contributed by atoms with van der Waals surface area (Å²) in [4.78, 5) is 36.5. The summed E-state index contributed by atoms with van der Waals surface area (Å²) in [5.41, 5.74) is 2.33. The SMILES string of the molecule is COc1ccc(NC(=O)c2ccc(NC(=O)CCCNC(=O)c3ccccc3)cc2)cc1. The lowest BCUT2D eigenvalue weighted by molar-refractivity contribution is -0.116. The molecule has 164 valence electrons. The fourth-order valence-corrected chi connectivity index (χ4v) is 2.95. The molecule has 3 rings (SSSR count). The second-order valence-electron chi connectivity index (χ2n) is 7.03. The topological polar surface area (TPSA) is 96.5 Å². The van der Waals surface area contributed by atoms with Gasteiger partial charge in [-0.15, -0.1) is 0 Å². The molecule has 3 aromatic carbocycles. The third kappa shape index (κ3) is 6.70. The molecule has 7 heteroatoms. The molecule has 0 saturated heterocycles. The fourth-order valence-electron chi connectivity index (χ4n) is 2.95. The van der Waals surface area contributed by atoms with E-state index in [2.05, 4.69) is 16.0 Å². The highest BCUT2D eigenvalue weighted by molar-refractivity contribution is 6.04. The number of hydrogen-bond acceptors (Lipinski definition) is 4. The van der Waals surface area contributed by atoms with E-state index in [1.54, 1.807) is 79.9 Å². The summed E-state index contributed by atoms with van der Waals surface area (Å²) in [5.74, 6) is 0.146. The number of carbonyl (C=O) groups is 3. The van der Waals surface area contributed by atoms with Crippen molar-refractivity contribution in [2.24, 2.45) is 0 Å². The van der Waals surface area contributed by atoms with Crippen molar-refractivity contribution in [2.45, 2.75) is 12.8 Å². The predicted octanol–water partition coefficient (Wildman–Crippen LogP) is 4.10. The molecule has 0 aliphatic heterocycles. The lowest BCUT2D eigenvalue weighted by atomic mass is 10.1. The predicted molar refractivity (Wildman–Crippen MR) is 124 cm³/mol. The van der Waals surface area contributed by atoms with E-state index in [9.17, 15) is 14.4 Å². The first kappa shape index (κ1) is 22.6. The number of amides is 3. The Bertz CT molecular complexity index is 1050. The minimum atomic E-state index is -0.248. The highest BCUT2D eigenvalue weighted by atomic mass is 16.5. The minimum Gasteiger partial charge on any atom is -0.497 e. The van der Waals surface area contributed by atoms with Gasteiger partial charge in [-0.05, 0) is 67.1 Å². The normalized spacial score (nSPS) is 10.2. The standard InChI is InChI=1S/C25H25N3O4/c1-32-22-15-13-21(14-16-22)28-25(31)19-9-11-20(12-10-19)27-23(29)8-5-17-26-24(30)18-6-3-2-4-7-18/h2-4,6-7,9-16H,5,8,17H2,1H3,(H,26,30)(H,27,29)(H,28,31). The molecule has 0 radical (unpaired) electrons. The van der Waals surface area contributed by atoms with Crippen LogP contribution in [-0.4, -0.2) is 31.4 Å². The first-order valence-corrected chi connectivity index (χ1v) is 10.2. The second kappa shape index (κ2) is 11.3. The summed E-state index contributed by atoms with van der Waals surface area (Å²) >= 11 is 0. The summed E-state index contributed by atoms with van der Waals surface area (Å²) in [6.45, 7) is 0.408. The third-order valence-electron chi connectivity index (χ3n) is 4.68. The van der Waals surface area contributed by atoms with E-state index in [4.69, 9.17) is 4.74 Å². The van der Waals surface area contributed by atoms with Crippen LogP contribution in [-0.2, 0) is 4.79 Å². The number of hydrogen-bond donors (Lipinski definition) is 3. The molecule has 0 unspecified atom stereocenters. The number of methoxy groups -OCH3 is 1. The van der Waals surface area contributed by atoms with Gasteiger partial charge in [0.15, 0.2) is 0 Å². The van der Waals surface area contributed by atoms with Gasteiger partial charge >= 0.3 is 0 Å². The van der Waals surface area contributed by atoms with Gasteiger partial charge < -0.3 is 20.7 Å². The van der Waals surface area contributed by atoms with E-state index in [1.165, 1.54) is 0 Å². The van der Waals surface area contributed by atoms with Crippen LogP contribution in [0.2, 0.25) is 0 Å². The maximum Gasteiger partial charge on any atom is 0.255 e. The van der Waals surface area contributed by atoms with Crippen LogP contribution in [0.5, 0.6) is 5.75 Å². The van der Waals surface area contributed by atoms with Gasteiger partial charge in [-0.2, -0.15) is 0 Å². The Kier molecular flexibility index (Phi) is 7.97. The number of anilines is 2. The van der Waals surface area contributed by atoms with E-state index in [0.29, 0.717) is 41.2 Å². The van der Waals surface area contributed by atoms with Gasteiger partial charge in [0.05, 0.1) is 7.11 Å². The van der Waals surface area contributed by atoms with Crippen LogP contribution in [0.3, 0.4) is 0 Å².